The first kappa shape index (κ1) is 21.2. The SMILES string of the molecule is O=C(Nc1ncn(Cc2c(Cl)cccc2Cl)n1)c1ccnn1COc1ccccc1Cl. The Morgan fingerprint density at radius 2 is 1.74 bits per heavy atom. The molecular formula is C20H15Cl3N6O2. The van der Waals surface area contributed by atoms with Crippen LogP contribution in [0.5, 0.6) is 5.75 Å². The van der Waals surface area contributed by atoms with Gasteiger partial charge in [-0.3, -0.25) is 10.1 Å². The summed E-state index contributed by atoms with van der Waals surface area (Å²) < 4.78 is 8.57. The highest BCUT2D eigenvalue weighted by Crippen LogP contribution is 2.25. The molecule has 2 aromatic carbocycles. The maximum absolute atomic E-state index is 12.7. The van der Waals surface area contributed by atoms with E-state index in [-0.39, 0.29) is 18.4 Å². The summed E-state index contributed by atoms with van der Waals surface area (Å²) in [4.78, 5) is 16.8. The maximum Gasteiger partial charge on any atom is 0.276 e. The van der Waals surface area contributed by atoms with Crippen LogP contribution in [0.1, 0.15) is 16.1 Å². The number of halogens is 3. The van der Waals surface area contributed by atoms with Crippen LogP contribution in [-0.4, -0.2) is 30.5 Å². The summed E-state index contributed by atoms with van der Waals surface area (Å²) in [5.74, 6) is 0.186. The van der Waals surface area contributed by atoms with Gasteiger partial charge in [0.15, 0.2) is 6.73 Å². The van der Waals surface area contributed by atoms with E-state index in [2.05, 4.69) is 20.5 Å². The largest absolute Gasteiger partial charge is 0.470 e. The summed E-state index contributed by atoms with van der Waals surface area (Å²) in [6, 6.07) is 13.9. The van der Waals surface area contributed by atoms with E-state index in [1.807, 2.05) is 0 Å². The third-order valence-electron chi connectivity index (χ3n) is 4.27. The highest BCUT2D eigenvalue weighted by Gasteiger charge is 2.16. The molecule has 1 N–H and O–H groups in total. The Labute approximate surface area is 192 Å². The van der Waals surface area contributed by atoms with Crippen molar-refractivity contribution in [2.75, 3.05) is 5.32 Å². The Hall–Kier alpha value is -3.07. The van der Waals surface area contributed by atoms with E-state index in [9.17, 15) is 4.79 Å². The minimum absolute atomic E-state index is 0.00631. The smallest absolute Gasteiger partial charge is 0.276 e. The molecule has 2 heterocycles. The van der Waals surface area contributed by atoms with E-state index in [1.165, 1.54) is 21.9 Å². The van der Waals surface area contributed by atoms with Gasteiger partial charge in [0, 0.05) is 21.8 Å². The van der Waals surface area contributed by atoms with Crippen molar-refractivity contribution < 1.29 is 9.53 Å². The summed E-state index contributed by atoms with van der Waals surface area (Å²) >= 11 is 18.5. The molecule has 0 bridgehead atoms. The van der Waals surface area contributed by atoms with E-state index in [0.717, 1.165) is 0 Å². The molecule has 0 aliphatic heterocycles. The van der Waals surface area contributed by atoms with E-state index >= 15 is 0 Å². The van der Waals surface area contributed by atoms with Gasteiger partial charge in [0.25, 0.3) is 5.91 Å². The first-order valence-corrected chi connectivity index (χ1v) is 10.2. The van der Waals surface area contributed by atoms with Gasteiger partial charge in [-0.2, -0.15) is 5.10 Å². The van der Waals surface area contributed by atoms with Crippen molar-refractivity contribution in [3.63, 3.8) is 0 Å². The molecule has 11 heteroatoms. The molecule has 0 aliphatic carbocycles. The highest BCUT2D eigenvalue weighted by atomic mass is 35.5. The fourth-order valence-corrected chi connectivity index (χ4v) is 3.47. The standard InChI is InChI=1S/C20H15Cl3N6O2/c21-14-5-3-6-15(22)13(14)10-28-11-24-20(27-28)26-19(30)17-8-9-25-29(17)12-31-18-7-2-1-4-16(18)23/h1-9,11H,10,12H2,(H,26,27,30). The van der Waals surface area contributed by atoms with Gasteiger partial charge in [-0.05, 0) is 30.3 Å². The van der Waals surface area contributed by atoms with Crippen molar-refractivity contribution in [3.05, 3.63) is 87.4 Å². The molecule has 2 aromatic heterocycles. The van der Waals surface area contributed by atoms with E-state index < -0.39 is 5.91 Å². The number of nitrogens with zero attached hydrogens (tertiary/aromatic N) is 5. The number of carbonyl (C=O) groups is 1. The average Bonchev–Trinajstić information content (AvgIpc) is 3.39. The van der Waals surface area contributed by atoms with E-state index in [1.54, 1.807) is 48.5 Å². The monoisotopic (exact) mass is 476 g/mol. The van der Waals surface area contributed by atoms with Gasteiger partial charge in [0.1, 0.15) is 17.8 Å². The van der Waals surface area contributed by atoms with Gasteiger partial charge in [0.2, 0.25) is 5.95 Å². The molecule has 8 nitrogen and oxygen atoms in total. The molecule has 158 valence electrons. The second-order valence-electron chi connectivity index (χ2n) is 6.34. The predicted molar refractivity (Wildman–Crippen MR) is 118 cm³/mol. The van der Waals surface area contributed by atoms with Crippen LogP contribution in [0.2, 0.25) is 15.1 Å². The van der Waals surface area contributed by atoms with Crippen molar-refractivity contribution in [2.45, 2.75) is 13.3 Å². The quantitative estimate of drug-likeness (QED) is 0.414. The second kappa shape index (κ2) is 9.38. The lowest BCUT2D eigenvalue weighted by atomic mass is 10.2. The number of para-hydroxylation sites is 1. The molecular weight excluding hydrogens is 463 g/mol. The Morgan fingerprint density at radius 3 is 2.52 bits per heavy atom. The normalized spacial score (nSPS) is 10.8. The zero-order valence-electron chi connectivity index (χ0n) is 15.9. The third kappa shape index (κ3) is 4.99. The fraction of sp³-hybridized carbons (Fsp3) is 0.100. The van der Waals surface area contributed by atoms with E-state index in [4.69, 9.17) is 39.5 Å². The van der Waals surface area contributed by atoms with Gasteiger partial charge >= 0.3 is 0 Å². The highest BCUT2D eigenvalue weighted by molar-refractivity contribution is 6.36. The molecule has 0 fully saturated rings. The lowest BCUT2D eigenvalue weighted by Crippen LogP contribution is -2.20. The number of nitrogens with one attached hydrogen (secondary N) is 1. The molecule has 0 saturated carbocycles. The summed E-state index contributed by atoms with van der Waals surface area (Å²) in [6.07, 6.45) is 2.98. The molecule has 4 aromatic rings. The van der Waals surface area contributed by atoms with Crippen LogP contribution in [0, 0.1) is 0 Å². The topological polar surface area (TPSA) is 86.9 Å². The average molecular weight is 478 g/mol. The van der Waals surface area contributed by atoms with Crippen LogP contribution in [0.15, 0.2) is 61.1 Å². The molecule has 0 radical (unpaired) electrons. The first-order chi connectivity index (χ1) is 15.0. The van der Waals surface area contributed by atoms with Crippen LogP contribution < -0.4 is 10.1 Å². The van der Waals surface area contributed by atoms with Gasteiger partial charge in [-0.15, -0.1) is 5.10 Å². The number of hydrogen-bond acceptors (Lipinski definition) is 5. The van der Waals surface area contributed by atoms with Crippen molar-refractivity contribution >= 4 is 46.7 Å². The fourth-order valence-electron chi connectivity index (χ4n) is 2.76. The van der Waals surface area contributed by atoms with Crippen LogP contribution in [0.4, 0.5) is 5.95 Å². The Balaban J connectivity index is 1.42. The summed E-state index contributed by atoms with van der Waals surface area (Å²) in [5, 5.41) is 12.5. The molecule has 1 amide bonds. The maximum atomic E-state index is 12.7. The zero-order chi connectivity index (χ0) is 21.8. The minimum atomic E-state index is -0.436. The second-order valence-corrected chi connectivity index (χ2v) is 7.56. The summed E-state index contributed by atoms with van der Waals surface area (Å²) in [7, 11) is 0. The van der Waals surface area contributed by atoms with Crippen LogP contribution in [0.3, 0.4) is 0 Å². The summed E-state index contributed by atoms with van der Waals surface area (Å²) in [6.45, 7) is 0.317. The predicted octanol–water partition coefficient (Wildman–Crippen LogP) is 4.77. The number of carbonyl (C=O) groups excluding carboxylic acids is 1. The van der Waals surface area contributed by atoms with Gasteiger partial charge in [-0.25, -0.2) is 14.3 Å². The first-order valence-electron chi connectivity index (χ1n) is 9.04. The number of benzene rings is 2. The lowest BCUT2D eigenvalue weighted by Gasteiger charge is -2.10. The Kier molecular flexibility index (Phi) is 6.41. The summed E-state index contributed by atoms with van der Waals surface area (Å²) in [5.41, 5.74) is 0.987. The third-order valence-corrected chi connectivity index (χ3v) is 5.29. The molecule has 0 aliphatic rings. The molecule has 0 atom stereocenters. The van der Waals surface area contributed by atoms with E-state index in [0.29, 0.717) is 32.9 Å². The molecule has 31 heavy (non-hydrogen) atoms. The van der Waals surface area contributed by atoms with Gasteiger partial charge < -0.3 is 4.74 Å². The molecule has 0 spiro atoms. The van der Waals surface area contributed by atoms with Gasteiger partial charge in [0.05, 0.1) is 11.6 Å². The lowest BCUT2D eigenvalue weighted by molar-refractivity contribution is 0.100. The van der Waals surface area contributed by atoms with Crippen LogP contribution in [-0.2, 0) is 13.3 Å². The Morgan fingerprint density at radius 1 is 1.00 bits per heavy atom. The van der Waals surface area contributed by atoms with Crippen molar-refractivity contribution in [3.8, 4) is 5.75 Å². The van der Waals surface area contributed by atoms with Crippen molar-refractivity contribution in [1.82, 2.24) is 24.5 Å². The number of aromatic nitrogens is 5. The van der Waals surface area contributed by atoms with Crippen molar-refractivity contribution in [1.29, 1.82) is 0 Å². The zero-order valence-corrected chi connectivity index (χ0v) is 18.1. The van der Waals surface area contributed by atoms with Gasteiger partial charge in [-0.1, -0.05) is 53.0 Å². The molecule has 4 rings (SSSR count). The number of ether oxygens (including phenoxy) is 1. The number of amides is 1. The number of rotatable bonds is 7. The number of hydrogen-bond donors (Lipinski definition) is 1. The molecule has 0 saturated heterocycles. The van der Waals surface area contributed by atoms with Crippen molar-refractivity contribution in [2.24, 2.45) is 0 Å². The minimum Gasteiger partial charge on any atom is -0.470 e. The van der Waals surface area contributed by atoms with Crippen LogP contribution in [0.25, 0.3) is 0 Å². The van der Waals surface area contributed by atoms with Crippen LogP contribution >= 0.6 is 34.8 Å². The number of anilines is 1. The Bertz CT molecular complexity index is 1200. The molecule has 0 unspecified atom stereocenters.